The van der Waals surface area contributed by atoms with Gasteiger partial charge in [0.05, 0.1) is 12.7 Å². The molecule has 1 saturated heterocycles. The Labute approximate surface area is 166 Å². The van der Waals surface area contributed by atoms with Crippen LogP contribution in [0.5, 0.6) is 5.75 Å². The molecule has 1 aliphatic carbocycles. The van der Waals surface area contributed by atoms with Crippen LogP contribution in [-0.2, 0) is 13.0 Å². The Kier molecular flexibility index (Phi) is 5.58. The van der Waals surface area contributed by atoms with E-state index < -0.39 is 0 Å². The molecule has 4 nitrogen and oxygen atoms in total. The fraction of sp³-hybridized carbons (Fsp3) is 0.417. The summed E-state index contributed by atoms with van der Waals surface area (Å²) in [6.45, 7) is 3.20. The minimum absolute atomic E-state index is 0.0484. The Morgan fingerprint density at radius 2 is 1.89 bits per heavy atom. The van der Waals surface area contributed by atoms with Crippen molar-refractivity contribution in [1.82, 2.24) is 4.90 Å². The zero-order chi connectivity index (χ0) is 19.5. The van der Waals surface area contributed by atoms with E-state index in [4.69, 9.17) is 4.74 Å². The third kappa shape index (κ3) is 3.88. The fourth-order valence-electron chi connectivity index (χ4n) is 4.70. The second-order valence-electron chi connectivity index (χ2n) is 8.08. The first-order valence-corrected chi connectivity index (χ1v) is 10.1. The Hall–Kier alpha value is -2.46. The molecule has 2 aliphatic rings. The number of carbonyl (C=O) groups is 2. The van der Waals surface area contributed by atoms with E-state index in [1.807, 2.05) is 6.07 Å². The number of nitrogens with zero attached hydrogens (tertiary/aromatic N) is 1. The monoisotopic (exact) mass is 377 g/mol. The van der Waals surface area contributed by atoms with Gasteiger partial charge in [-0.3, -0.25) is 14.5 Å². The first-order valence-electron chi connectivity index (χ1n) is 10.1. The Morgan fingerprint density at radius 1 is 1.14 bits per heavy atom. The van der Waals surface area contributed by atoms with E-state index in [-0.39, 0.29) is 11.7 Å². The predicted octanol–water partition coefficient (Wildman–Crippen LogP) is 4.17. The van der Waals surface area contributed by atoms with E-state index in [2.05, 4.69) is 35.2 Å². The summed E-state index contributed by atoms with van der Waals surface area (Å²) in [5, 5.41) is 0. The number of rotatable bonds is 6. The average Bonchev–Trinajstić information content (AvgIpc) is 3.03. The van der Waals surface area contributed by atoms with E-state index in [1.54, 1.807) is 6.07 Å². The smallest absolute Gasteiger partial charge is 0.166 e. The van der Waals surface area contributed by atoms with Gasteiger partial charge in [0.25, 0.3) is 0 Å². The largest absolute Gasteiger partial charge is 0.496 e. The van der Waals surface area contributed by atoms with Gasteiger partial charge in [-0.1, -0.05) is 30.3 Å². The Balaban J connectivity index is 1.34. The summed E-state index contributed by atoms with van der Waals surface area (Å²) >= 11 is 0. The van der Waals surface area contributed by atoms with Crippen LogP contribution in [0.4, 0.5) is 0 Å². The number of methoxy groups -OCH3 is 1. The van der Waals surface area contributed by atoms with Gasteiger partial charge in [-0.05, 0) is 68.0 Å². The standard InChI is InChI=1S/C24H27NO3/c1-28-23-14-22-19(13-21(23)16-26)12-20(24(22)27)11-17-7-9-25(10-8-17)15-18-5-3-2-4-6-18/h2-6,13-14,16-17,20H,7-12,15H2,1H3. The molecule has 4 heteroatoms. The number of ether oxygens (including phenoxy) is 1. The lowest BCUT2D eigenvalue weighted by Crippen LogP contribution is -2.34. The van der Waals surface area contributed by atoms with Gasteiger partial charge in [-0.15, -0.1) is 0 Å². The maximum Gasteiger partial charge on any atom is 0.166 e. The quantitative estimate of drug-likeness (QED) is 0.709. The summed E-state index contributed by atoms with van der Waals surface area (Å²) in [6.07, 6.45) is 4.81. The maximum absolute atomic E-state index is 12.9. The number of hydrogen-bond donors (Lipinski definition) is 0. The SMILES string of the molecule is COc1cc2c(cc1C=O)CC(CC1CCN(Cc3ccccc3)CC1)C2=O. The first-order chi connectivity index (χ1) is 13.7. The number of piperidine rings is 1. The Morgan fingerprint density at radius 3 is 2.57 bits per heavy atom. The van der Waals surface area contributed by atoms with Crippen molar-refractivity contribution in [2.24, 2.45) is 11.8 Å². The minimum atomic E-state index is 0.0484. The van der Waals surface area contributed by atoms with Gasteiger partial charge in [0.2, 0.25) is 0 Å². The number of carbonyl (C=O) groups excluding carboxylic acids is 2. The molecule has 146 valence electrons. The van der Waals surface area contributed by atoms with Crippen LogP contribution in [0.1, 0.15) is 51.1 Å². The topological polar surface area (TPSA) is 46.6 Å². The maximum atomic E-state index is 12.9. The molecule has 0 radical (unpaired) electrons. The summed E-state index contributed by atoms with van der Waals surface area (Å²) in [7, 11) is 1.54. The van der Waals surface area contributed by atoms with Gasteiger partial charge in [0, 0.05) is 18.0 Å². The van der Waals surface area contributed by atoms with Crippen molar-refractivity contribution in [3.63, 3.8) is 0 Å². The first kappa shape index (κ1) is 18.9. The second-order valence-corrected chi connectivity index (χ2v) is 8.08. The van der Waals surface area contributed by atoms with Crippen molar-refractivity contribution in [2.45, 2.75) is 32.2 Å². The van der Waals surface area contributed by atoms with Crippen LogP contribution in [0, 0.1) is 11.8 Å². The summed E-state index contributed by atoms with van der Waals surface area (Å²) < 4.78 is 5.27. The highest BCUT2D eigenvalue weighted by Crippen LogP contribution is 2.36. The molecule has 0 aromatic heterocycles. The molecule has 1 unspecified atom stereocenters. The van der Waals surface area contributed by atoms with Crippen molar-refractivity contribution in [3.05, 3.63) is 64.7 Å². The zero-order valence-corrected chi connectivity index (χ0v) is 16.4. The molecule has 1 heterocycles. The van der Waals surface area contributed by atoms with E-state index in [1.165, 1.54) is 12.7 Å². The third-order valence-electron chi connectivity index (χ3n) is 6.26. The molecular formula is C24H27NO3. The van der Waals surface area contributed by atoms with Crippen molar-refractivity contribution < 1.29 is 14.3 Å². The van der Waals surface area contributed by atoms with Gasteiger partial charge in [0.1, 0.15) is 5.75 Å². The molecule has 0 spiro atoms. The predicted molar refractivity (Wildman–Crippen MR) is 109 cm³/mol. The van der Waals surface area contributed by atoms with Gasteiger partial charge in [0.15, 0.2) is 12.1 Å². The second kappa shape index (κ2) is 8.27. The zero-order valence-electron chi connectivity index (χ0n) is 16.4. The number of fused-ring (bicyclic) bond motifs is 1. The van der Waals surface area contributed by atoms with Crippen LogP contribution in [0.25, 0.3) is 0 Å². The lowest BCUT2D eigenvalue weighted by molar-refractivity contribution is 0.0895. The van der Waals surface area contributed by atoms with Crippen molar-refractivity contribution in [1.29, 1.82) is 0 Å². The van der Waals surface area contributed by atoms with E-state index in [0.717, 1.165) is 62.7 Å². The number of ketones is 1. The number of Topliss-reactive ketones (excluding diaryl/α,β-unsaturated/α-hetero) is 1. The number of aldehydes is 1. The molecule has 1 fully saturated rings. The molecule has 0 bridgehead atoms. The molecular weight excluding hydrogens is 350 g/mol. The molecule has 28 heavy (non-hydrogen) atoms. The van der Waals surface area contributed by atoms with Crippen molar-refractivity contribution in [2.75, 3.05) is 20.2 Å². The number of likely N-dealkylation sites (tertiary alicyclic amines) is 1. The highest BCUT2D eigenvalue weighted by Gasteiger charge is 2.34. The summed E-state index contributed by atoms with van der Waals surface area (Å²) in [5.41, 5.74) is 3.64. The lowest BCUT2D eigenvalue weighted by Gasteiger charge is -2.32. The molecule has 1 aliphatic heterocycles. The summed E-state index contributed by atoms with van der Waals surface area (Å²) in [4.78, 5) is 26.7. The van der Waals surface area contributed by atoms with E-state index in [9.17, 15) is 9.59 Å². The fourth-order valence-corrected chi connectivity index (χ4v) is 4.70. The third-order valence-corrected chi connectivity index (χ3v) is 6.26. The van der Waals surface area contributed by atoms with Crippen LogP contribution < -0.4 is 4.74 Å². The van der Waals surface area contributed by atoms with E-state index in [0.29, 0.717) is 17.2 Å². The van der Waals surface area contributed by atoms with Crippen LogP contribution in [0.2, 0.25) is 0 Å². The molecule has 1 atom stereocenters. The number of hydrogen-bond acceptors (Lipinski definition) is 4. The van der Waals surface area contributed by atoms with E-state index >= 15 is 0 Å². The Bertz CT molecular complexity index is 854. The van der Waals surface area contributed by atoms with Gasteiger partial charge in [-0.25, -0.2) is 0 Å². The van der Waals surface area contributed by atoms with Crippen LogP contribution in [-0.4, -0.2) is 37.2 Å². The average molecular weight is 377 g/mol. The molecule has 0 N–H and O–H groups in total. The van der Waals surface area contributed by atoms with Gasteiger partial charge < -0.3 is 4.74 Å². The number of benzene rings is 2. The van der Waals surface area contributed by atoms with Gasteiger partial charge >= 0.3 is 0 Å². The van der Waals surface area contributed by atoms with Crippen LogP contribution in [0.3, 0.4) is 0 Å². The molecule has 2 aromatic rings. The molecule has 0 amide bonds. The van der Waals surface area contributed by atoms with Gasteiger partial charge in [-0.2, -0.15) is 0 Å². The minimum Gasteiger partial charge on any atom is -0.496 e. The summed E-state index contributed by atoms with van der Waals surface area (Å²) in [5.74, 6) is 1.37. The highest BCUT2D eigenvalue weighted by atomic mass is 16.5. The highest BCUT2D eigenvalue weighted by molar-refractivity contribution is 6.03. The molecule has 4 rings (SSSR count). The van der Waals surface area contributed by atoms with Crippen molar-refractivity contribution in [3.8, 4) is 5.75 Å². The normalized spacial score (nSPS) is 20.2. The van der Waals surface area contributed by atoms with Crippen LogP contribution in [0.15, 0.2) is 42.5 Å². The molecule has 0 saturated carbocycles. The lowest BCUT2D eigenvalue weighted by atomic mass is 9.85. The molecule has 2 aromatic carbocycles. The van der Waals surface area contributed by atoms with Crippen LogP contribution >= 0.6 is 0 Å². The summed E-state index contributed by atoms with van der Waals surface area (Å²) in [6, 6.07) is 14.2. The van der Waals surface area contributed by atoms with Crippen molar-refractivity contribution >= 4 is 12.1 Å².